The molecule has 4 nitrogen and oxygen atoms in total. The Kier molecular flexibility index (Phi) is 3.20. The fourth-order valence-electron chi connectivity index (χ4n) is 1.83. The molecule has 78 valence electrons. The van der Waals surface area contributed by atoms with Gasteiger partial charge in [0.25, 0.3) is 0 Å². The summed E-state index contributed by atoms with van der Waals surface area (Å²) >= 11 is 3.50. The van der Waals surface area contributed by atoms with Gasteiger partial charge in [0.05, 0.1) is 16.4 Å². The summed E-state index contributed by atoms with van der Waals surface area (Å²) in [4.78, 5) is 2.45. The highest BCUT2D eigenvalue weighted by Gasteiger charge is 2.20. The minimum absolute atomic E-state index is 0.411. The third-order valence-corrected chi connectivity index (χ3v) is 3.37. The maximum Gasteiger partial charge on any atom is 0.0663 e. The summed E-state index contributed by atoms with van der Waals surface area (Å²) < 4.78 is 1.07. The Morgan fingerprint density at radius 3 is 2.79 bits per heavy atom. The van der Waals surface area contributed by atoms with Gasteiger partial charge in [0.2, 0.25) is 0 Å². The number of aromatic nitrogens is 2. The van der Waals surface area contributed by atoms with E-state index in [0.717, 1.165) is 30.7 Å². The molecule has 0 saturated carbocycles. The molecule has 2 rings (SSSR count). The van der Waals surface area contributed by atoms with Crippen LogP contribution in [0.3, 0.4) is 0 Å². The van der Waals surface area contributed by atoms with Gasteiger partial charge in [-0.1, -0.05) is 0 Å². The fraction of sp³-hybridized carbons (Fsp3) is 0.667. The van der Waals surface area contributed by atoms with E-state index in [4.69, 9.17) is 0 Å². The van der Waals surface area contributed by atoms with Gasteiger partial charge >= 0.3 is 0 Å². The topological polar surface area (TPSA) is 44.0 Å². The number of hydrogen-bond acceptors (Lipinski definition) is 3. The lowest BCUT2D eigenvalue weighted by Crippen LogP contribution is -2.44. The zero-order chi connectivity index (χ0) is 9.97. The van der Waals surface area contributed by atoms with Crippen molar-refractivity contribution < 1.29 is 0 Å². The van der Waals surface area contributed by atoms with Crippen molar-refractivity contribution in [1.29, 1.82) is 0 Å². The van der Waals surface area contributed by atoms with Gasteiger partial charge < -0.3 is 5.32 Å². The predicted molar refractivity (Wildman–Crippen MR) is 59.1 cm³/mol. The van der Waals surface area contributed by atoms with Crippen LogP contribution in [0, 0.1) is 0 Å². The lowest BCUT2D eigenvalue weighted by molar-refractivity contribution is 0.182. The molecule has 1 aromatic heterocycles. The minimum atomic E-state index is 0.411. The number of hydrogen-bond donors (Lipinski definition) is 2. The molecular weight excluding hydrogens is 244 g/mol. The lowest BCUT2D eigenvalue weighted by atomic mass is 10.2. The predicted octanol–water partition coefficient (Wildman–Crippen LogP) is 1.14. The van der Waals surface area contributed by atoms with E-state index >= 15 is 0 Å². The number of halogens is 1. The van der Waals surface area contributed by atoms with Crippen LogP contribution in [0.2, 0.25) is 0 Å². The van der Waals surface area contributed by atoms with Crippen LogP contribution in [-0.4, -0.2) is 41.3 Å². The van der Waals surface area contributed by atoms with Crippen molar-refractivity contribution >= 4 is 15.9 Å². The van der Waals surface area contributed by atoms with Crippen LogP contribution in [0.5, 0.6) is 0 Å². The van der Waals surface area contributed by atoms with E-state index in [-0.39, 0.29) is 0 Å². The third-order valence-electron chi connectivity index (χ3n) is 2.74. The molecule has 0 aliphatic carbocycles. The SMILES string of the molecule is CC(c1[nH]ncc1Br)N1CCNCC1. The molecule has 0 amide bonds. The van der Waals surface area contributed by atoms with Gasteiger partial charge in [-0.15, -0.1) is 0 Å². The Labute approximate surface area is 92.2 Å². The van der Waals surface area contributed by atoms with Gasteiger partial charge in [0.15, 0.2) is 0 Å². The maximum atomic E-state index is 4.02. The number of aromatic amines is 1. The molecule has 1 fully saturated rings. The summed E-state index contributed by atoms with van der Waals surface area (Å²) in [7, 11) is 0. The summed E-state index contributed by atoms with van der Waals surface area (Å²) in [6.45, 7) is 6.58. The molecule has 1 aliphatic heterocycles. The molecule has 0 radical (unpaired) electrons. The molecule has 1 saturated heterocycles. The smallest absolute Gasteiger partial charge is 0.0663 e. The highest BCUT2D eigenvalue weighted by molar-refractivity contribution is 9.10. The molecule has 0 spiro atoms. The number of rotatable bonds is 2. The average molecular weight is 259 g/mol. The Hall–Kier alpha value is -0.390. The van der Waals surface area contributed by atoms with Crippen molar-refractivity contribution in [3.63, 3.8) is 0 Å². The Balaban J connectivity index is 2.07. The summed E-state index contributed by atoms with van der Waals surface area (Å²) in [6, 6.07) is 0.411. The molecule has 14 heavy (non-hydrogen) atoms. The maximum absolute atomic E-state index is 4.02. The highest BCUT2D eigenvalue weighted by atomic mass is 79.9. The Morgan fingerprint density at radius 2 is 2.21 bits per heavy atom. The van der Waals surface area contributed by atoms with Crippen LogP contribution in [0.1, 0.15) is 18.7 Å². The molecule has 0 aromatic carbocycles. The first-order valence-corrected chi connectivity index (χ1v) is 5.72. The molecular formula is C9H15BrN4. The molecule has 2 heterocycles. The van der Waals surface area contributed by atoms with Crippen molar-refractivity contribution in [2.45, 2.75) is 13.0 Å². The van der Waals surface area contributed by atoms with Gasteiger partial charge in [0.1, 0.15) is 0 Å². The normalized spacial score (nSPS) is 21.0. The Morgan fingerprint density at radius 1 is 1.50 bits per heavy atom. The van der Waals surface area contributed by atoms with E-state index in [1.54, 1.807) is 0 Å². The van der Waals surface area contributed by atoms with Gasteiger partial charge in [-0.2, -0.15) is 5.10 Å². The first kappa shape index (κ1) is 10.1. The molecule has 2 N–H and O–H groups in total. The van der Waals surface area contributed by atoms with E-state index < -0.39 is 0 Å². The van der Waals surface area contributed by atoms with Crippen molar-refractivity contribution in [3.05, 3.63) is 16.4 Å². The molecule has 1 unspecified atom stereocenters. The van der Waals surface area contributed by atoms with E-state index in [1.807, 2.05) is 6.20 Å². The first-order chi connectivity index (χ1) is 6.79. The second-order valence-corrected chi connectivity index (χ2v) is 4.45. The highest BCUT2D eigenvalue weighted by Crippen LogP contribution is 2.25. The second kappa shape index (κ2) is 4.42. The van der Waals surface area contributed by atoms with Gasteiger partial charge in [-0.3, -0.25) is 10.00 Å². The minimum Gasteiger partial charge on any atom is -0.314 e. The van der Waals surface area contributed by atoms with Crippen molar-refractivity contribution in [2.24, 2.45) is 0 Å². The first-order valence-electron chi connectivity index (χ1n) is 4.92. The summed E-state index contributed by atoms with van der Waals surface area (Å²) in [5, 5.41) is 10.4. The number of H-pyrrole nitrogens is 1. The van der Waals surface area contributed by atoms with Crippen molar-refractivity contribution in [1.82, 2.24) is 20.4 Å². The zero-order valence-corrected chi connectivity index (χ0v) is 9.84. The molecule has 5 heteroatoms. The van der Waals surface area contributed by atoms with Gasteiger partial charge in [-0.25, -0.2) is 0 Å². The summed E-state index contributed by atoms with van der Waals surface area (Å²) in [5.41, 5.74) is 1.17. The van der Waals surface area contributed by atoms with E-state index in [9.17, 15) is 0 Å². The molecule has 1 atom stereocenters. The zero-order valence-electron chi connectivity index (χ0n) is 8.26. The van der Waals surface area contributed by atoms with Crippen LogP contribution >= 0.6 is 15.9 Å². The van der Waals surface area contributed by atoms with Gasteiger partial charge in [0, 0.05) is 32.2 Å². The van der Waals surface area contributed by atoms with Crippen LogP contribution in [0.25, 0.3) is 0 Å². The van der Waals surface area contributed by atoms with Crippen LogP contribution in [-0.2, 0) is 0 Å². The number of nitrogens with zero attached hydrogens (tertiary/aromatic N) is 2. The standard InChI is InChI=1S/C9H15BrN4/c1-7(9-8(10)6-12-13-9)14-4-2-11-3-5-14/h6-7,11H,2-5H2,1H3,(H,12,13). The quantitative estimate of drug-likeness (QED) is 0.837. The fourth-order valence-corrected chi connectivity index (χ4v) is 2.35. The molecule has 1 aromatic rings. The van der Waals surface area contributed by atoms with E-state index in [1.165, 1.54) is 5.69 Å². The average Bonchev–Trinajstić information content (AvgIpc) is 2.65. The summed E-state index contributed by atoms with van der Waals surface area (Å²) in [5.74, 6) is 0. The van der Waals surface area contributed by atoms with Crippen molar-refractivity contribution in [2.75, 3.05) is 26.2 Å². The third kappa shape index (κ3) is 1.99. The summed E-state index contributed by atoms with van der Waals surface area (Å²) in [6.07, 6.45) is 1.81. The van der Waals surface area contributed by atoms with Crippen LogP contribution < -0.4 is 5.32 Å². The number of piperazine rings is 1. The van der Waals surface area contributed by atoms with Crippen LogP contribution in [0.15, 0.2) is 10.7 Å². The monoisotopic (exact) mass is 258 g/mol. The van der Waals surface area contributed by atoms with E-state index in [0.29, 0.717) is 6.04 Å². The van der Waals surface area contributed by atoms with E-state index in [2.05, 4.69) is 43.3 Å². The second-order valence-electron chi connectivity index (χ2n) is 3.59. The Bertz CT molecular complexity index is 293. The largest absolute Gasteiger partial charge is 0.314 e. The number of nitrogens with one attached hydrogen (secondary N) is 2. The van der Waals surface area contributed by atoms with Crippen LogP contribution in [0.4, 0.5) is 0 Å². The van der Waals surface area contributed by atoms with Gasteiger partial charge in [-0.05, 0) is 22.9 Å². The molecule has 1 aliphatic rings. The van der Waals surface area contributed by atoms with Crippen molar-refractivity contribution in [3.8, 4) is 0 Å². The lowest BCUT2D eigenvalue weighted by Gasteiger charge is -2.32. The molecule has 0 bridgehead atoms.